The first-order chi connectivity index (χ1) is 18.0. The SMILES string of the molecule is CC(C)(C)c1cc(C(C)(C)C)n([C]([Ti])(n2nc(C(C)(C)C)cc2C(C)(C)C)n2nc(C(C)(C)C)cc2C(C)(C)C)n1. The van der Waals surface area contributed by atoms with Crippen LogP contribution in [0.15, 0.2) is 18.2 Å². The molecule has 0 aliphatic heterocycles. The molecule has 0 atom stereocenters. The monoisotopic (exact) mass is 597 g/mol. The van der Waals surface area contributed by atoms with Crippen LogP contribution in [0.25, 0.3) is 0 Å². The molecule has 0 N–H and O–H groups in total. The molecular formula is C34H57N6Ti. The predicted molar refractivity (Wildman–Crippen MR) is 168 cm³/mol. The van der Waals surface area contributed by atoms with Crippen LogP contribution in [-0.2, 0) is 57.0 Å². The van der Waals surface area contributed by atoms with E-state index in [-0.39, 0.29) is 32.5 Å². The molecule has 7 heteroatoms. The molecule has 0 aromatic carbocycles. The van der Waals surface area contributed by atoms with E-state index in [1.165, 1.54) is 0 Å². The van der Waals surface area contributed by atoms with E-state index in [1.54, 1.807) is 0 Å². The quantitative estimate of drug-likeness (QED) is 0.286. The Morgan fingerprint density at radius 2 is 0.585 bits per heavy atom. The molecule has 0 fully saturated rings. The van der Waals surface area contributed by atoms with Gasteiger partial charge in [0.15, 0.2) is 0 Å². The molecule has 0 bridgehead atoms. The van der Waals surface area contributed by atoms with Crippen LogP contribution < -0.4 is 0 Å². The second-order valence-corrected chi connectivity index (χ2v) is 19.2. The first-order valence-electron chi connectivity index (χ1n) is 15.1. The molecule has 6 nitrogen and oxygen atoms in total. The molecule has 0 unspecified atom stereocenters. The van der Waals surface area contributed by atoms with Crippen molar-refractivity contribution >= 4 is 0 Å². The fraction of sp³-hybridized carbons (Fsp3) is 0.735. The normalized spacial score (nSPS) is 14.7. The fourth-order valence-corrected chi connectivity index (χ4v) is 5.63. The third-order valence-electron chi connectivity index (χ3n) is 7.62. The van der Waals surface area contributed by atoms with Gasteiger partial charge in [-0.1, -0.05) is 0 Å². The summed E-state index contributed by atoms with van der Waals surface area (Å²) in [6, 6.07) is 6.90. The van der Waals surface area contributed by atoms with Gasteiger partial charge in [-0.25, -0.2) is 0 Å². The summed E-state index contributed by atoms with van der Waals surface area (Å²) in [7, 11) is 0. The summed E-state index contributed by atoms with van der Waals surface area (Å²) in [5.74, 6) is 0. The van der Waals surface area contributed by atoms with E-state index in [0.717, 1.165) is 34.2 Å². The zero-order chi connectivity index (χ0) is 31.9. The van der Waals surface area contributed by atoms with Gasteiger partial charge in [-0.15, -0.1) is 0 Å². The summed E-state index contributed by atoms with van der Waals surface area (Å²) in [5.41, 5.74) is 5.82. The van der Waals surface area contributed by atoms with Gasteiger partial charge < -0.3 is 0 Å². The van der Waals surface area contributed by atoms with Gasteiger partial charge in [0.05, 0.1) is 0 Å². The molecular weight excluding hydrogens is 540 g/mol. The summed E-state index contributed by atoms with van der Waals surface area (Å²) in [5, 5.41) is 16.4. The van der Waals surface area contributed by atoms with E-state index in [2.05, 4.69) is 177 Å². The molecule has 3 aromatic rings. The van der Waals surface area contributed by atoms with Crippen molar-refractivity contribution in [2.24, 2.45) is 0 Å². The number of nitrogens with zero attached hydrogens (tertiary/aromatic N) is 6. The molecule has 0 radical (unpaired) electrons. The number of rotatable bonds is 3. The second-order valence-electron chi connectivity index (χ2n) is 18.1. The van der Waals surface area contributed by atoms with Crippen LogP contribution in [0.2, 0.25) is 0 Å². The van der Waals surface area contributed by atoms with Crippen LogP contribution in [-0.4, -0.2) is 29.3 Å². The molecule has 0 saturated carbocycles. The molecule has 3 heterocycles. The van der Waals surface area contributed by atoms with Crippen molar-refractivity contribution in [3.05, 3.63) is 52.4 Å². The Morgan fingerprint density at radius 3 is 0.732 bits per heavy atom. The number of aromatic nitrogens is 6. The Balaban J connectivity index is 2.69. The van der Waals surface area contributed by atoms with E-state index >= 15 is 0 Å². The molecule has 0 aliphatic rings. The molecule has 0 aliphatic carbocycles. The first-order valence-corrected chi connectivity index (χ1v) is 15.9. The predicted octanol–water partition coefficient (Wildman–Crippen LogP) is 8.27. The van der Waals surface area contributed by atoms with E-state index in [9.17, 15) is 0 Å². The van der Waals surface area contributed by atoms with Crippen molar-refractivity contribution in [1.29, 1.82) is 0 Å². The minimum absolute atomic E-state index is 0.118. The zero-order valence-electron chi connectivity index (χ0n) is 29.4. The molecule has 0 spiro atoms. The molecule has 3 rings (SSSR count). The summed E-state index contributed by atoms with van der Waals surface area (Å²) in [6.45, 7) is 40.6. The van der Waals surface area contributed by atoms with Gasteiger partial charge in [0.2, 0.25) is 0 Å². The van der Waals surface area contributed by atoms with E-state index in [4.69, 9.17) is 15.3 Å². The van der Waals surface area contributed by atoms with E-state index in [1.807, 2.05) is 0 Å². The van der Waals surface area contributed by atoms with Crippen molar-refractivity contribution in [2.45, 2.75) is 161 Å². The number of hydrogen-bond donors (Lipinski definition) is 0. The van der Waals surface area contributed by atoms with Crippen molar-refractivity contribution in [1.82, 2.24) is 29.3 Å². The Kier molecular flexibility index (Phi) is 8.21. The van der Waals surface area contributed by atoms with Crippen molar-refractivity contribution in [2.75, 3.05) is 0 Å². The molecule has 227 valence electrons. The summed E-state index contributed by atoms with van der Waals surface area (Å²) in [6.07, 6.45) is 0. The van der Waals surface area contributed by atoms with Crippen molar-refractivity contribution in [3.63, 3.8) is 0 Å². The maximum absolute atomic E-state index is 5.46. The Bertz CT molecular complexity index is 1220. The standard InChI is InChI=1S/C34H57N6.Ti/c1-29(2,3)22-19-25(32(10,11)12)38(35-22)28(39-26(33(13,14)15)20-23(36-39)30(4,5)6)40-27(34(16,17)18)21-24(37-40)31(7,8)9;/h19-21H,1-18H3;. The van der Waals surface area contributed by atoms with Crippen LogP contribution in [0.5, 0.6) is 0 Å². The van der Waals surface area contributed by atoms with Crippen LogP contribution in [0.3, 0.4) is 0 Å². The third-order valence-corrected chi connectivity index (χ3v) is 8.62. The zero-order valence-corrected chi connectivity index (χ0v) is 31.0. The van der Waals surface area contributed by atoms with Crippen molar-refractivity contribution in [3.8, 4) is 0 Å². The topological polar surface area (TPSA) is 53.5 Å². The average molecular weight is 598 g/mol. The van der Waals surface area contributed by atoms with Gasteiger partial charge >= 0.3 is 263 Å². The van der Waals surface area contributed by atoms with Crippen LogP contribution in [0.1, 0.15) is 159 Å². The molecule has 0 saturated heterocycles. The van der Waals surface area contributed by atoms with Gasteiger partial charge in [0, 0.05) is 0 Å². The summed E-state index contributed by atoms with van der Waals surface area (Å²) < 4.78 is 5.80. The number of hydrogen-bond acceptors (Lipinski definition) is 3. The summed E-state index contributed by atoms with van der Waals surface area (Å²) in [4.78, 5) is 0. The van der Waals surface area contributed by atoms with Crippen molar-refractivity contribution < 1.29 is 20.4 Å². The Hall–Kier alpha value is -1.66. The summed E-state index contributed by atoms with van der Waals surface area (Å²) >= 11 is 2.26. The molecule has 3 aromatic heterocycles. The van der Waals surface area contributed by atoms with Gasteiger partial charge in [-0.05, 0) is 0 Å². The second kappa shape index (κ2) is 9.94. The fourth-order valence-electron chi connectivity index (χ4n) is 4.83. The minimum atomic E-state index is -0.898. The van der Waals surface area contributed by atoms with Crippen LogP contribution in [0.4, 0.5) is 0 Å². The third kappa shape index (κ3) is 6.49. The first kappa shape index (κ1) is 33.8. The van der Waals surface area contributed by atoms with Gasteiger partial charge in [-0.3, -0.25) is 0 Å². The molecule has 41 heavy (non-hydrogen) atoms. The van der Waals surface area contributed by atoms with Crippen LogP contribution >= 0.6 is 0 Å². The Morgan fingerprint density at radius 1 is 0.390 bits per heavy atom. The van der Waals surface area contributed by atoms with Gasteiger partial charge in [-0.2, -0.15) is 0 Å². The Labute approximate surface area is 262 Å². The van der Waals surface area contributed by atoms with Crippen LogP contribution in [0, 0.1) is 0 Å². The van der Waals surface area contributed by atoms with E-state index < -0.39 is 4.09 Å². The average Bonchev–Trinajstić information content (AvgIpc) is 3.47. The molecule has 0 amide bonds. The van der Waals surface area contributed by atoms with Gasteiger partial charge in [0.1, 0.15) is 0 Å². The van der Waals surface area contributed by atoms with Gasteiger partial charge in [0.25, 0.3) is 0 Å². The maximum atomic E-state index is 5.46. The van der Waals surface area contributed by atoms with E-state index in [0.29, 0.717) is 0 Å².